The fourth-order valence-corrected chi connectivity index (χ4v) is 2.52. The molecule has 2 rings (SSSR count). The van der Waals surface area contributed by atoms with E-state index in [9.17, 15) is 0 Å². The highest BCUT2D eigenvalue weighted by atomic mass is 15.4. The Morgan fingerprint density at radius 2 is 1.35 bits per heavy atom. The molecule has 2 aromatic heterocycles. The molecule has 0 saturated heterocycles. The molecule has 2 aromatic rings. The van der Waals surface area contributed by atoms with Gasteiger partial charge >= 0.3 is 0 Å². The first-order valence-electron chi connectivity index (χ1n) is 7.24. The minimum atomic E-state index is 0.811. The van der Waals surface area contributed by atoms with Crippen molar-refractivity contribution in [3.8, 4) is 0 Å². The zero-order valence-electron chi connectivity index (χ0n) is 13.2. The molecule has 0 fully saturated rings. The van der Waals surface area contributed by atoms with Gasteiger partial charge in [0.2, 0.25) is 0 Å². The SMILES string of the molecule is CCCN(Cn1nc(C)cc1C)Cn1nc(C)cc1C. The molecule has 0 radical (unpaired) electrons. The Morgan fingerprint density at radius 1 is 0.900 bits per heavy atom. The van der Waals surface area contributed by atoms with E-state index in [1.807, 2.05) is 13.8 Å². The molecular formula is C15H25N5. The quantitative estimate of drug-likeness (QED) is 0.813. The summed E-state index contributed by atoms with van der Waals surface area (Å²) in [5.41, 5.74) is 4.56. The normalized spacial score (nSPS) is 11.5. The number of hydrogen-bond donors (Lipinski definition) is 0. The van der Waals surface area contributed by atoms with Crippen molar-refractivity contribution in [2.24, 2.45) is 0 Å². The zero-order valence-corrected chi connectivity index (χ0v) is 13.2. The Kier molecular flexibility index (Phi) is 4.60. The smallest absolute Gasteiger partial charge is 0.0946 e. The van der Waals surface area contributed by atoms with Crippen molar-refractivity contribution in [2.45, 2.75) is 54.4 Å². The summed E-state index contributed by atoms with van der Waals surface area (Å²) in [6, 6.07) is 4.24. The molecule has 0 unspecified atom stereocenters. The zero-order chi connectivity index (χ0) is 14.7. The average molecular weight is 275 g/mol. The van der Waals surface area contributed by atoms with Crippen LogP contribution < -0.4 is 0 Å². The molecule has 0 spiro atoms. The van der Waals surface area contributed by atoms with Gasteiger partial charge in [-0.15, -0.1) is 0 Å². The summed E-state index contributed by atoms with van der Waals surface area (Å²) in [6.45, 7) is 13.1. The first-order valence-corrected chi connectivity index (χ1v) is 7.24. The summed E-state index contributed by atoms with van der Waals surface area (Å²) >= 11 is 0. The topological polar surface area (TPSA) is 38.9 Å². The number of rotatable bonds is 6. The Labute approximate surface area is 121 Å². The van der Waals surface area contributed by atoms with Gasteiger partial charge in [0.05, 0.1) is 24.7 Å². The van der Waals surface area contributed by atoms with Crippen LogP contribution in [0.3, 0.4) is 0 Å². The first kappa shape index (κ1) is 14.8. The highest BCUT2D eigenvalue weighted by Gasteiger charge is 2.10. The molecule has 110 valence electrons. The largest absolute Gasteiger partial charge is 0.265 e. The lowest BCUT2D eigenvalue weighted by Gasteiger charge is -2.23. The lowest BCUT2D eigenvalue weighted by Crippen LogP contribution is -2.31. The molecule has 2 heterocycles. The monoisotopic (exact) mass is 275 g/mol. The van der Waals surface area contributed by atoms with E-state index < -0.39 is 0 Å². The van der Waals surface area contributed by atoms with E-state index in [4.69, 9.17) is 0 Å². The van der Waals surface area contributed by atoms with Crippen molar-refractivity contribution in [1.29, 1.82) is 0 Å². The number of hydrogen-bond acceptors (Lipinski definition) is 3. The molecule has 5 nitrogen and oxygen atoms in total. The summed E-state index contributed by atoms with van der Waals surface area (Å²) in [5.74, 6) is 0. The average Bonchev–Trinajstić information content (AvgIpc) is 2.82. The molecule has 0 aliphatic heterocycles. The van der Waals surface area contributed by atoms with Gasteiger partial charge in [-0.2, -0.15) is 10.2 Å². The predicted octanol–water partition coefficient (Wildman–Crippen LogP) is 2.64. The van der Waals surface area contributed by atoms with Gasteiger partial charge < -0.3 is 0 Å². The minimum absolute atomic E-state index is 0.811. The second kappa shape index (κ2) is 6.22. The van der Waals surface area contributed by atoms with E-state index in [1.54, 1.807) is 0 Å². The summed E-state index contributed by atoms with van der Waals surface area (Å²) in [5, 5.41) is 9.09. The minimum Gasteiger partial charge on any atom is -0.265 e. The van der Waals surface area contributed by atoms with Crippen LogP contribution in [0.15, 0.2) is 12.1 Å². The van der Waals surface area contributed by atoms with Crippen LogP contribution >= 0.6 is 0 Å². The van der Waals surface area contributed by atoms with Crippen molar-refractivity contribution < 1.29 is 0 Å². The van der Waals surface area contributed by atoms with Crippen LogP contribution in [0.25, 0.3) is 0 Å². The van der Waals surface area contributed by atoms with Crippen molar-refractivity contribution in [3.05, 3.63) is 34.9 Å². The standard InChI is InChI=1S/C15H25N5/c1-6-7-18(10-19-14(4)8-12(2)16-19)11-20-15(5)9-13(3)17-20/h8-9H,6-7,10-11H2,1-5H3. The fourth-order valence-electron chi connectivity index (χ4n) is 2.52. The molecule has 5 heteroatoms. The Hall–Kier alpha value is -1.62. The van der Waals surface area contributed by atoms with Crippen LogP contribution in [0.2, 0.25) is 0 Å². The maximum atomic E-state index is 4.55. The Morgan fingerprint density at radius 3 is 1.65 bits per heavy atom. The maximum Gasteiger partial charge on any atom is 0.0946 e. The van der Waals surface area contributed by atoms with E-state index >= 15 is 0 Å². The molecule has 20 heavy (non-hydrogen) atoms. The third-order valence-corrected chi connectivity index (χ3v) is 3.41. The van der Waals surface area contributed by atoms with Crippen LogP contribution in [-0.4, -0.2) is 31.0 Å². The lowest BCUT2D eigenvalue weighted by molar-refractivity contribution is 0.150. The van der Waals surface area contributed by atoms with Gasteiger partial charge in [0, 0.05) is 17.9 Å². The van der Waals surface area contributed by atoms with Crippen molar-refractivity contribution >= 4 is 0 Å². The summed E-state index contributed by atoms with van der Waals surface area (Å²) < 4.78 is 4.13. The maximum absolute atomic E-state index is 4.55. The number of aryl methyl sites for hydroxylation is 4. The van der Waals surface area contributed by atoms with Gasteiger partial charge in [0.1, 0.15) is 0 Å². The highest BCUT2D eigenvalue weighted by molar-refractivity contribution is 5.07. The third kappa shape index (κ3) is 3.48. The van der Waals surface area contributed by atoms with Gasteiger partial charge in [0.25, 0.3) is 0 Å². The highest BCUT2D eigenvalue weighted by Crippen LogP contribution is 2.08. The number of aromatic nitrogens is 4. The van der Waals surface area contributed by atoms with Crippen molar-refractivity contribution in [3.63, 3.8) is 0 Å². The molecule has 0 N–H and O–H groups in total. The first-order chi connectivity index (χ1) is 9.49. The molecule has 0 aliphatic rings. The van der Waals surface area contributed by atoms with Gasteiger partial charge in [-0.3, -0.25) is 14.3 Å². The van der Waals surface area contributed by atoms with E-state index in [0.717, 1.165) is 37.7 Å². The molecular weight excluding hydrogens is 250 g/mol. The summed E-state index contributed by atoms with van der Waals surface area (Å²) in [6.07, 6.45) is 1.12. The van der Waals surface area contributed by atoms with Gasteiger partial charge in [0.15, 0.2) is 0 Å². The molecule has 0 amide bonds. The van der Waals surface area contributed by atoms with Crippen LogP contribution in [0.5, 0.6) is 0 Å². The van der Waals surface area contributed by atoms with Crippen molar-refractivity contribution in [1.82, 2.24) is 24.5 Å². The van der Waals surface area contributed by atoms with Gasteiger partial charge in [-0.05, 0) is 46.2 Å². The van der Waals surface area contributed by atoms with Crippen molar-refractivity contribution in [2.75, 3.05) is 6.54 Å². The second-order valence-corrected chi connectivity index (χ2v) is 5.53. The van der Waals surface area contributed by atoms with E-state index in [-0.39, 0.29) is 0 Å². The van der Waals surface area contributed by atoms with Crippen LogP contribution in [-0.2, 0) is 13.3 Å². The third-order valence-electron chi connectivity index (χ3n) is 3.41. The predicted molar refractivity (Wildman–Crippen MR) is 80.4 cm³/mol. The van der Waals surface area contributed by atoms with Crippen LogP contribution in [0.1, 0.15) is 36.1 Å². The van der Waals surface area contributed by atoms with E-state index in [2.05, 4.69) is 57.4 Å². The molecule has 0 bridgehead atoms. The van der Waals surface area contributed by atoms with Gasteiger partial charge in [-0.25, -0.2) is 0 Å². The Balaban J connectivity index is 2.11. The number of nitrogens with zero attached hydrogens (tertiary/aromatic N) is 5. The fraction of sp³-hybridized carbons (Fsp3) is 0.600. The van der Waals surface area contributed by atoms with E-state index in [0.29, 0.717) is 0 Å². The molecule has 0 aromatic carbocycles. The molecule has 0 aliphatic carbocycles. The Bertz CT molecular complexity index is 519. The van der Waals surface area contributed by atoms with E-state index in [1.165, 1.54) is 11.4 Å². The summed E-state index contributed by atoms with van der Waals surface area (Å²) in [7, 11) is 0. The summed E-state index contributed by atoms with van der Waals surface area (Å²) in [4.78, 5) is 2.37. The van der Waals surface area contributed by atoms with Crippen LogP contribution in [0.4, 0.5) is 0 Å². The molecule has 0 atom stereocenters. The van der Waals surface area contributed by atoms with Gasteiger partial charge in [-0.1, -0.05) is 6.92 Å². The second-order valence-electron chi connectivity index (χ2n) is 5.53. The van der Waals surface area contributed by atoms with Crippen LogP contribution in [0, 0.1) is 27.7 Å². The molecule has 0 saturated carbocycles. The lowest BCUT2D eigenvalue weighted by atomic mass is 10.4.